The second kappa shape index (κ2) is 8.13. The highest BCUT2D eigenvalue weighted by molar-refractivity contribution is 6.32. The summed E-state index contributed by atoms with van der Waals surface area (Å²) in [6.45, 7) is 9.11. The van der Waals surface area contributed by atoms with Crippen LogP contribution in [0.1, 0.15) is 27.2 Å². The molecule has 6 nitrogen and oxygen atoms in total. The van der Waals surface area contributed by atoms with Gasteiger partial charge in [-0.05, 0) is 17.5 Å². The molecule has 1 aliphatic heterocycles. The first-order valence-electron chi connectivity index (χ1n) is 9.09. The number of carbonyl (C=O) groups excluding carboxylic acids is 1. The average molecular weight is 389 g/mol. The van der Waals surface area contributed by atoms with Crippen molar-refractivity contribution in [1.29, 1.82) is 0 Å². The number of ether oxygens (including phenoxy) is 1. The van der Waals surface area contributed by atoms with Crippen molar-refractivity contribution in [3.8, 4) is 11.6 Å². The Bertz CT molecular complexity index is 799. The first kappa shape index (κ1) is 19.4. The Labute approximate surface area is 165 Å². The highest BCUT2D eigenvalue weighted by Gasteiger charge is 2.25. The fraction of sp³-hybridized carbons (Fsp3) is 0.450. The molecule has 2 heterocycles. The van der Waals surface area contributed by atoms with Crippen molar-refractivity contribution < 1.29 is 9.53 Å². The molecule has 1 aliphatic rings. The van der Waals surface area contributed by atoms with E-state index in [2.05, 4.69) is 35.6 Å². The number of amides is 1. The summed E-state index contributed by atoms with van der Waals surface area (Å²) in [5, 5.41) is 0.531. The minimum atomic E-state index is 0.00578. The molecule has 0 N–H and O–H groups in total. The Morgan fingerprint density at radius 1 is 1.15 bits per heavy atom. The van der Waals surface area contributed by atoms with Gasteiger partial charge in [0.2, 0.25) is 11.8 Å². The lowest BCUT2D eigenvalue weighted by molar-refractivity contribution is -0.133. The molecule has 27 heavy (non-hydrogen) atoms. The van der Waals surface area contributed by atoms with Crippen molar-refractivity contribution in [2.24, 2.45) is 5.41 Å². The Hall–Kier alpha value is -2.34. The van der Waals surface area contributed by atoms with Crippen LogP contribution in [0.2, 0.25) is 5.02 Å². The van der Waals surface area contributed by atoms with E-state index >= 15 is 0 Å². The van der Waals surface area contributed by atoms with Gasteiger partial charge in [-0.25, -0.2) is 9.97 Å². The summed E-state index contributed by atoms with van der Waals surface area (Å²) in [6.07, 6.45) is 2.05. The predicted octanol–water partition coefficient (Wildman–Crippen LogP) is 4.01. The lowest BCUT2D eigenvalue weighted by atomic mass is 9.91. The highest BCUT2D eigenvalue weighted by Crippen LogP contribution is 2.29. The van der Waals surface area contributed by atoms with Crippen LogP contribution in [-0.4, -0.2) is 47.0 Å². The molecule has 2 aromatic rings. The number of carbonyl (C=O) groups is 1. The molecule has 0 spiro atoms. The third-order valence-corrected chi connectivity index (χ3v) is 4.63. The molecule has 0 aliphatic carbocycles. The summed E-state index contributed by atoms with van der Waals surface area (Å²) < 4.78 is 5.78. The number of rotatable bonds is 4. The maximum atomic E-state index is 12.4. The standard InChI is InChI=1S/C20H25ClN4O2/c1-20(2,3)13-19(26)25-10-8-24(9-11-25)17-12-18(23-14-22-17)27-16-7-5-4-6-15(16)21/h4-7,12,14H,8-11,13H2,1-3H3. The normalized spacial score (nSPS) is 15.0. The first-order chi connectivity index (χ1) is 12.8. The van der Waals surface area contributed by atoms with Crippen LogP contribution in [0.25, 0.3) is 0 Å². The number of nitrogens with zero attached hydrogens (tertiary/aromatic N) is 4. The van der Waals surface area contributed by atoms with Gasteiger partial charge in [-0.15, -0.1) is 0 Å². The number of hydrogen-bond acceptors (Lipinski definition) is 5. The molecule has 1 aromatic carbocycles. The second-order valence-corrected chi connectivity index (χ2v) is 8.26. The van der Waals surface area contributed by atoms with Crippen LogP contribution in [0, 0.1) is 5.41 Å². The smallest absolute Gasteiger partial charge is 0.224 e. The summed E-state index contributed by atoms with van der Waals surface area (Å²) in [5.74, 6) is 2.00. The number of benzene rings is 1. The molecule has 1 aromatic heterocycles. The molecule has 0 unspecified atom stereocenters. The summed E-state index contributed by atoms with van der Waals surface area (Å²) >= 11 is 6.14. The molecule has 3 rings (SSSR count). The molecule has 7 heteroatoms. The number of aromatic nitrogens is 2. The van der Waals surface area contributed by atoms with Crippen LogP contribution in [-0.2, 0) is 4.79 Å². The fourth-order valence-electron chi connectivity index (χ4n) is 2.95. The summed E-state index contributed by atoms with van der Waals surface area (Å²) in [4.78, 5) is 25.0. The quantitative estimate of drug-likeness (QED) is 0.792. The minimum absolute atomic E-state index is 0.00578. The van der Waals surface area contributed by atoms with Crippen LogP contribution < -0.4 is 9.64 Å². The van der Waals surface area contributed by atoms with Crippen molar-refractivity contribution in [1.82, 2.24) is 14.9 Å². The zero-order chi connectivity index (χ0) is 19.4. The van der Waals surface area contributed by atoms with Gasteiger partial charge in [-0.1, -0.05) is 44.5 Å². The molecule has 0 atom stereocenters. The van der Waals surface area contributed by atoms with Gasteiger partial charge in [-0.2, -0.15) is 0 Å². The molecular weight excluding hydrogens is 364 g/mol. The Balaban J connectivity index is 1.62. The van der Waals surface area contributed by atoms with E-state index in [0.717, 1.165) is 18.9 Å². The van der Waals surface area contributed by atoms with Crippen molar-refractivity contribution in [3.63, 3.8) is 0 Å². The SMILES string of the molecule is CC(C)(C)CC(=O)N1CCN(c2cc(Oc3ccccc3Cl)ncn2)CC1. The van der Waals surface area contributed by atoms with Gasteiger partial charge < -0.3 is 14.5 Å². The van der Waals surface area contributed by atoms with Gasteiger partial charge in [0.05, 0.1) is 5.02 Å². The van der Waals surface area contributed by atoms with Crippen molar-refractivity contribution in [3.05, 3.63) is 41.7 Å². The molecule has 1 amide bonds. The maximum absolute atomic E-state index is 12.4. The van der Waals surface area contributed by atoms with E-state index in [1.165, 1.54) is 6.33 Å². The minimum Gasteiger partial charge on any atom is -0.437 e. The Morgan fingerprint density at radius 3 is 2.52 bits per heavy atom. The third kappa shape index (κ3) is 5.32. The van der Waals surface area contributed by atoms with E-state index in [4.69, 9.17) is 16.3 Å². The number of halogens is 1. The van der Waals surface area contributed by atoms with E-state index in [-0.39, 0.29) is 11.3 Å². The third-order valence-electron chi connectivity index (χ3n) is 4.32. The van der Waals surface area contributed by atoms with Crippen LogP contribution in [0.5, 0.6) is 11.6 Å². The lowest BCUT2D eigenvalue weighted by Gasteiger charge is -2.36. The van der Waals surface area contributed by atoms with Crippen LogP contribution >= 0.6 is 11.6 Å². The zero-order valence-electron chi connectivity index (χ0n) is 16.0. The molecule has 0 radical (unpaired) electrons. The second-order valence-electron chi connectivity index (χ2n) is 7.85. The molecular formula is C20H25ClN4O2. The van der Waals surface area contributed by atoms with E-state index in [9.17, 15) is 4.79 Å². The lowest BCUT2D eigenvalue weighted by Crippen LogP contribution is -2.49. The van der Waals surface area contributed by atoms with Crippen LogP contribution in [0.4, 0.5) is 5.82 Å². The number of anilines is 1. The Kier molecular flexibility index (Phi) is 5.85. The number of para-hydroxylation sites is 1. The predicted molar refractivity (Wildman–Crippen MR) is 106 cm³/mol. The molecule has 1 fully saturated rings. The van der Waals surface area contributed by atoms with E-state index in [1.807, 2.05) is 17.0 Å². The summed E-state index contributed by atoms with van der Waals surface area (Å²) in [5.41, 5.74) is 0.00578. The van der Waals surface area contributed by atoms with Gasteiger partial charge in [0.15, 0.2) is 0 Å². The van der Waals surface area contributed by atoms with Crippen LogP contribution in [0.3, 0.4) is 0 Å². The number of piperazine rings is 1. The summed E-state index contributed by atoms with van der Waals surface area (Å²) in [7, 11) is 0. The van der Waals surface area contributed by atoms with Gasteiger partial charge in [0.1, 0.15) is 17.9 Å². The Morgan fingerprint density at radius 2 is 1.85 bits per heavy atom. The summed E-state index contributed by atoms with van der Waals surface area (Å²) in [6, 6.07) is 9.07. The monoisotopic (exact) mass is 388 g/mol. The number of hydrogen-bond donors (Lipinski definition) is 0. The van der Waals surface area contributed by atoms with Gasteiger partial charge >= 0.3 is 0 Å². The fourth-order valence-corrected chi connectivity index (χ4v) is 3.12. The van der Waals surface area contributed by atoms with Crippen LogP contribution in [0.15, 0.2) is 36.7 Å². The zero-order valence-corrected chi connectivity index (χ0v) is 16.7. The van der Waals surface area contributed by atoms with E-state index in [0.29, 0.717) is 36.2 Å². The maximum Gasteiger partial charge on any atom is 0.224 e. The molecule has 0 saturated carbocycles. The van der Waals surface area contributed by atoms with Gasteiger partial charge in [0.25, 0.3) is 0 Å². The van der Waals surface area contributed by atoms with Crippen molar-refractivity contribution in [2.45, 2.75) is 27.2 Å². The van der Waals surface area contributed by atoms with Crippen molar-refractivity contribution in [2.75, 3.05) is 31.1 Å². The largest absolute Gasteiger partial charge is 0.437 e. The van der Waals surface area contributed by atoms with E-state index < -0.39 is 0 Å². The molecule has 0 bridgehead atoms. The van der Waals surface area contributed by atoms with E-state index in [1.54, 1.807) is 18.2 Å². The van der Waals surface area contributed by atoms with Gasteiger partial charge in [-0.3, -0.25) is 4.79 Å². The topological polar surface area (TPSA) is 58.6 Å². The van der Waals surface area contributed by atoms with Crippen molar-refractivity contribution >= 4 is 23.3 Å². The first-order valence-corrected chi connectivity index (χ1v) is 9.47. The van der Waals surface area contributed by atoms with Gasteiger partial charge in [0, 0.05) is 38.7 Å². The average Bonchev–Trinajstić information content (AvgIpc) is 2.63. The highest BCUT2D eigenvalue weighted by atomic mass is 35.5. The molecule has 1 saturated heterocycles. The molecule has 144 valence electrons.